The third-order valence-electron chi connectivity index (χ3n) is 3.32. The van der Waals surface area contributed by atoms with E-state index in [1.165, 1.54) is 18.2 Å². The van der Waals surface area contributed by atoms with Crippen LogP contribution in [0.2, 0.25) is 0 Å². The molecule has 0 aromatic heterocycles. The number of alkyl halides is 9. The van der Waals surface area contributed by atoms with Crippen LogP contribution >= 0.6 is 0 Å². The fourth-order valence-electron chi connectivity index (χ4n) is 1.74. The third kappa shape index (κ3) is 4.04. The molecule has 28 heavy (non-hydrogen) atoms. The van der Waals surface area contributed by atoms with Crippen molar-refractivity contribution in [3.63, 3.8) is 0 Å². The van der Waals surface area contributed by atoms with E-state index in [0.29, 0.717) is 0 Å². The summed E-state index contributed by atoms with van der Waals surface area (Å²) < 4.78 is 141. The molecule has 1 atom stereocenters. The summed E-state index contributed by atoms with van der Waals surface area (Å²) in [7, 11) is -7.12. The first-order chi connectivity index (χ1) is 12.4. The van der Waals surface area contributed by atoms with Crippen molar-refractivity contribution in [2.75, 3.05) is 6.61 Å². The maximum absolute atomic E-state index is 13.5. The Hall–Kier alpha value is -2.03. The van der Waals surface area contributed by atoms with E-state index in [4.69, 9.17) is 5.11 Å². The number of carboxylic acids is 1. The molecule has 1 rings (SSSR count). The van der Waals surface area contributed by atoms with Crippen LogP contribution in [0.1, 0.15) is 11.5 Å². The predicted octanol–water partition coefficient (Wildman–Crippen LogP) is 3.63. The van der Waals surface area contributed by atoms with Crippen molar-refractivity contribution < 1.29 is 62.0 Å². The van der Waals surface area contributed by atoms with Gasteiger partial charge in [-0.15, -0.1) is 0 Å². The second-order valence-corrected chi connectivity index (χ2v) is 6.86. The molecule has 0 spiro atoms. The number of hydrogen-bond donors (Lipinski definition) is 1. The van der Waals surface area contributed by atoms with Crippen molar-refractivity contribution in [2.45, 2.75) is 29.2 Å². The zero-order valence-electron chi connectivity index (χ0n) is 13.1. The lowest BCUT2D eigenvalue weighted by Gasteiger charge is -2.32. The number of aliphatic carboxylic acids is 1. The minimum Gasteiger partial charge on any atom is -0.481 e. The van der Waals surface area contributed by atoms with Gasteiger partial charge in [0.1, 0.15) is 5.92 Å². The van der Waals surface area contributed by atoms with E-state index in [-0.39, 0.29) is 5.56 Å². The molecular formula is C13H9F9O5S. The topological polar surface area (TPSA) is 80.7 Å². The molecule has 15 heteroatoms. The minimum atomic E-state index is -7.46. The number of benzene rings is 1. The van der Waals surface area contributed by atoms with E-state index < -0.39 is 51.9 Å². The average Bonchev–Trinajstić information content (AvgIpc) is 2.54. The molecule has 0 aliphatic carbocycles. The molecule has 160 valence electrons. The molecule has 0 saturated carbocycles. The zero-order chi connectivity index (χ0) is 22.2. The van der Waals surface area contributed by atoms with E-state index in [2.05, 4.69) is 4.18 Å². The highest BCUT2D eigenvalue weighted by molar-refractivity contribution is 7.87. The molecule has 0 radical (unpaired) electrons. The van der Waals surface area contributed by atoms with Crippen molar-refractivity contribution in [2.24, 2.45) is 0 Å². The number of rotatable bonds is 8. The number of carbonyl (C=O) groups is 1. The molecule has 0 amide bonds. The fourth-order valence-corrected chi connectivity index (χ4v) is 2.65. The van der Waals surface area contributed by atoms with Crippen molar-refractivity contribution in [3.8, 4) is 0 Å². The molecule has 1 aromatic carbocycles. The number of halogens is 9. The van der Waals surface area contributed by atoms with E-state index in [0.717, 1.165) is 12.1 Å². The van der Waals surface area contributed by atoms with Crippen LogP contribution < -0.4 is 0 Å². The Kier molecular flexibility index (Phi) is 6.36. The molecular weight excluding hydrogens is 439 g/mol. The molecule has 0 bridgehead atoms. The van der Waals surface area contributed by atoms with Crippen LogP contribution in [0.15, 0.2) is 30.3 Å². The van der Waals surface area contributed by atoms with Crippen LogP contribution in [0.3, 0.4) is 0 Å². The first kappa shape index (κ1) is 24.0. The monoisotopic (exact) mass is 448 g/mol. The van der Waals surface area contributed by atoms with Gasteiger partial charge < -0.3 is 5.11 Å². The summed E-state index contributed by atoms with van der Waals surface area (Å²) in [5.74, 6) is -18.8. The molecule has 1 N–H and O–H groups in total. The predicted molar refractivity (Wildman–Crippen MR) is 72.6 cm³/mol. The summed E-state index contributed by atoms with van der Waals surface area (Å²) in [6.07, 6.45) is -7.22. The zero-order valence-corrected chi connectivity index (χ0v) is 13.9. The number of hydrogen-bond acceptors (Lipinski definition) is 4. The minimum absolute atomic E-state index is 0.249. The summed E-state index contributed by atoms with van der Waals surface area (Å²) in [4.78, 5) is 11.1. The van der Waals surface area contributed by atoms with Gasteiger partial charge in [-0.2, -0.15) is 47.9 Å². The van der Waals surface area contributed by atoms with E-state index in [1.54, 1.807) is 0 Å². The Balaban J connectivity index is 3.21. The standard InChI is InChI=1S/C13H9F9O5S/c14-10(15,12(18,19)20)11(16,17)13(21,22)28(25,26)27-6-8(9(23)24)7-4-2-1-3-5-7/h1-5,8H,6H2,(H,23,24). The molecule has 0 aliphatic heterocycles. The lowest BCUT2D eigenvalue weighted by atomic mass is 10.0. The van der Waals surface area contributed by atoms with E-state index in [1.807, 2.05) is 0 Å². The van der Waals surface area contributed by atoms with E-state index in [9.17, 15) is 52.7 Å². The van der Waals surface area contributed by atoms with Crippen LogP contribution in [0.5, 0.6) is 0 Å². The van der Waals surface area contributed by atoms with Gasteiger partial charge >= 0.3 is 39.4 Å². The maximum Gasteiger partial charge on any atom is 0.460 e. The largest absolute Gasteiger partial charge is 0.481 e. The van der Waals surface area contributed by atoms with Crippen LogP contribution in [0.4, 0.5) is 39.5 Å². The van der Waals surface area contributed by atoms with Crippen LogP contribution in [0, 0.1) is 0 Å². The van der Waals surface area contributed by atoms with Crippen molar-refractivity contribution in [3.05, 3.63) is 35.9 Å². The Morgan fingerprint density at radius 1 is 0.929 bits per heavy atom. The van der Waals surface area contributed by atoms with Crippen LogP contribution in [0.25, 0.3) is 0 Å². The second-order valence-electron chi connectivity index (χ2n) is 5.20. The Labute approximate surface area is 150 Å². The van der Waals surface area contributed by atoms with Crippen molar-refractivity contribution in [1.29, 1.82) is 0 Å². The van der Waals surface area contributed by atoms with Gasteiger partial charge in [0.15, 0.2) is 0 Å². The summed E-state index contributed by atoms with van der Waals surface area (Å²) in [6.45, 7) is -1.77. The molecule has 0 heterocycles. The second kappa shape index (κ2) is 7.42. The summed E-state index contributed by atoms with van der Waals surface area (Å²) in [5.41, 5.74) is -0.249. The lowest BCUT2D eigenvalue weighted by molar-refractivity contribution is -0.382. The highest BCUT2D eigenvalue weighted by atomic mass is 32.2. The fraction of sp³-hybridized carbons (Fsp3) is 0.462. The summed E-state index contributed by atoms with van der Waals surface area (Å²) >= 11 is 0. The van der Waals surface area contributed by atoms with Crippen molar-refractivity contribution in [1.82, 2.24) is 0 Å². The van der Waals surface area contributed by atoms with Gasteiger partial charge in [-0.3, -0.25) is 8.98 Å². The smallest absolute Gasteiger partial charge is 0.460 e. The highest BCUT2D eigenvalue weighted by Gasteiger charge is 2.85. The lowest BCUT2D eigenvalue weighted by Crippen LogP contribution is -2.63. The molecule has 0 aliphatic rings. The SMILES string of the molecule is O=C(O)C(COS(=O)(=O)C(F)(F)C(F)(F)C(F)(F)C(F)(F)F)c1ccccc1. The summed E-state index contributed by atoms with van der Waals surface area (Å²) in [5, 5.41) is 1.90. The number of carboxylic acid groups (broad SMARTS) is 1. The molecule has 5 nitrogen and oxygen atoms in total. The first-order valence-electron chi connectivity index (χ1n) is 6.77. The Morgan fingerprint density at radius 3 is 1.79 bits per heavy atom. The molecule has 1 aromatic rings. The molecule has 0 saturated heterocycles. The van der Waals surface area contributed by atoms with Crippen molar-refractivity contribution >= 4 is 16.1 Å². The maximum atomic E-state index is 13.5. The average molecular weight is 448 g/mol. The molecule has 0 fully saturated rings. The quantitative estimate of drug-likeness (QED) is 0.486. The summed E-state index contributed by atoms with van der Waals surface area (Å²) in [6, 6.07) is 5.94. The van der Waals surface area contributed by atoms with Crippen LogP contribution in [-0.2, 0) is 19.1 Å². The normalized spacial score (nSPS) is 15.3. The van der Waals surface area contributed by atoms with Gasteiger partial charge in [0.2, 0.25) is 0 Å². The third-order valence-corrected chi connectivity index (χ3v) is 4.65. The Bertz CT molecular complexity index is 805. The van der Waals surface area contributed by atoms with Gasteiger partial charge in [0.25, 0.3) is 0 Å². The van der Waals surface area contributed by atoms with Gasteiger partial charge in [-0.1, -0.05) is 30.3 Å². The highest BCUT2D eigenvalue weighted by Crippen LogP contribution is 2.55. The van der Waals surface area contributed by atoms with Gasteiger partial charge in [0.05, 0.1) is 6.61 Å². The van der Waals surface area contributed by atoms with E-state index >= 15 is 0 Å². The Morgan fingerprint density at radius 2 is 1.39 bits per heavy atom. The van der Waals surface area contributed by atoms with Gasteiger partial charge in [-0.25, -0.2) is 0 Å². The van der Waals surface area contributed by atoms with Gasteiger partial charge in [-0.05, 0) is 5.56 Å². The molecule has 1 unspecified atom stereocenters. The van der Waals surface area contributed by atoms with Gasteiger partial charge in [0, 0.05) is 0 Å². The first-order valence-corrected chi connectivity index (χ1v) is 8.18. The van der Waals surface area contributed by atoms with Crippen LogP contribution in [-0.4, -0.2) is 49.4 Å².